The van der Waals surface area contributed by atoms with Gasteiger partial charge in [0.25, 0.3) is 0 Å². The van der Waals surface area contributed by atoms with Gasteiger partial charge in [0.15, 0.2) is 0 Å². The van der Waals surface area contributed by atoms with Gasteiger partial charge < -0.3 is 15.2 Å². The minimum atomic E-state index is -1.35. The standard InChI is InChI=1S/C27H36N2O5S/c1-19-6-7-20(2)24(18-19)34-17-5-14-27(3,4)26(32)28-22-12-15-29(16-13-22)35(33)23-10-8-21(9-11-23)25(30)31/h6-11,18,22H,5,12-17H2,1-4H3,(H,28,32)(H,30,31). The van der Waals surface area contributed by atoms with Gasteiger partial charge in [-0.25, -0.2) is 13.3 Å². The van der Waals surface area contributed by atoms with Crippen molar-refractivity contribution < 1.29 is 23.6 Å². The van der Waals surface area contributed by atoms with Crippen molar-refractivity contribution in [2.75, 3.05) is 19.7 Å². The van der Waals surface area contributed by atoms with E-state index in [0.29, 0.717) is 24.6 Å². The van der Waals surface area contributed by atoms with Gasteiger partial charge in [-0.3, -0.25) is 4.79 Å². The molecular weight excluding hydrogens is 464 g/mol. The highest BCUT2D eigenvalue weighted by Gasteiger charge is 2.31. The third kappa shape index (κ3) is 7.39. The van der Waals surface area contributed by atoms with Crippen molar-refractivity contribution in [2.45, 2.75) is 64.3 Å². The second-order valence-electron chi connectivity index (χ2n) is 9.86. The van der Waals surface area contributed by atoms with Gasteiger partial charge in [0, 0.05) is 24.5 Å². The molecule has 2 aromatic carbocycles. The van der Waals surface area contributed by atoms with Crippen LogP contribution in [-0.2, 0) is 15.8 Å². The largest absolute Gasteiger partial charge is 0.493 e. The zero-order chi connectivity index (χ0) is 25.6. The van der Waals surface area contributed by atoms with E-state index in [1.807, 2.05) is 38.1 Å². The Bertz CT molecular complexity index is 1060. The number of carboxylic acid groups (broad SMARTS) is 1. The fourth-order valence-corrected chi connectivity index (χ4v) is 5.29. The first-order chi connectivity index (χ1) is 16.6. The second kappa shape index (κ2) is 11.8. The lowest BCUT2D eigenvalue weighted by atomic mass is 9.86. The number of rotatable bonds is 10. The van der Waals surface area contributed by atoms with Gasteiger partial charge in [-0.05, 0) is 81.0 Å². The summed E-state index contributed by atoms with van der Waals surface area (Å²) in [6, 6.07) is 12.3. The highest BCUT2D eigenvalue weighted by atomic mass is 32.2. The van der Waals surface area contributed by atoms with E-state index in [-0.39, 0.29) is 17.5 Å². The number of benzene rings is 2. The molecule has 35 heavy (non-hydrogen) atoms. The molecule has 1 heterocycles. The summed E-state index contributed by atoms with van der Waals surface area (Å²) in [7, 11) is -1.35. The molecule has 0 saturated carbocycles. The number of hydrogen-bond acceptors (Lipinski definition) is 4. The molecule has 0 radical (unpaired) electrons. The summed E-state index contributed by atoms with van der Waals surface area (Å²) in [6.07, 6.45) is 2.94. The van der Waals surface area contributed by atoms with E-state index < -0.39 is 22.4 Å². The van der Waals surface area contributed by atoms with E-state index in [1.165, 1.54) is 12.1 Å². The zero-order valence-corrected chi connectivity index (χ0v) is 21.8. The molecule has 1 aliphatic rings. The summed E-state index contributed by atoms with van der Waals surface area (Å²) in [6.45, 7) is 9.77. The van der Waals surface area contributed by atoms with Crippen molar-refractivity contribution in [3.8, 4) is 5.75 Å². The second-order valence-corrected chi connectivity index (χ2v) is 11.3. The molecule has 0 bridgehead atoms. The molecule has 190 valence electrons. The van der Waals surface area contributed by atoms with E-state index in [1.54, 1.807) is 12.1 Å². The first kappa shape index (κ1) is 26.9. The van der Waals surface area contributed by atoms with E-state index in [2.05, 4.69) is 17.4 Å². The molecule has 2 N–H and O–H groups in total. The maximum Gasteiger partial charge on any atom is 0.335 e. The molecule has 2 aromatic rings. The summed E-state index contributed by atoms with van der Waals surface area (Å²) < 4.78 is 20.7. The molecule has 1 unspecified atom stereocenters. The van der Waals surface area contributed by atoms with Crippen molar-refractivity contribution in [1.29, 1.82) is 0 Å². The molecule has 1 atom stereocenters. The fraction of sp³-hybridized carbons (Fsp3) is 0.481. The Morgan fingerprint density at radius 2 is 1.77 bits per heavy atom. The number of nitrogens with zero attached hydrogens (tertiary/aromatic N) is 1. The Balaban J connectivity index is 1.42. The third-order valence-electron chi connectivity index (χ3n) is 6.49. The molecule has 1 fully saturated rings. The lowest BCUT2D eigenvalue weighted by molar-refractivity contribution is -0.130. The van der Waals surface area contributed by atoms with Crippen molar-refractivity contribution in [1.82, 2.24) is 9.62 Å². The van der Waals surface area contributed by atoms with E-state index >= 15 is 0 Å². The number of carboxylic acids is 1. The van der Waals surface area contributed by atoms with Crippen molar-refractivity contribution in [3.05, 3.63) is 59.2 Å². The highest BCUT2D eigenvalue weighted by molar-refractivity contribution is 7.82. The van der Waals surface area contributed by atoms with Gasteiger partial charge in [0.1, 0.15) is 16.7 Å². The minimum absolute atomic E-state index is 0.0352. The van der Waals surface area contributed by atoms with Crippen LogP contribution in [0.4, 0.5) is 0 Å². The maximum atomic E-state index is 12.9. The Hall–Kier alpha value is -2.71. The number of ether oxygens (including phenoxy) is 1. The molecule has 3 rings (SSSR count). The van der Waals surface area contributed by atoms with Gasteiger partial charge in [0.05, 0.1) is 17.1 Å². The lowest BCUT2D eigenvalue weighted by Gasteiger charge is -2.33. The quantitative estimate of drug-likeness (QED) is 0.469. The number of carbonyl (C=O) groups excluding carboxylic acids is 1. The number of nitrogens with one attached hydrogen (secondary N) is 1. The van der Waals surface area contributed by atoms with E-state index in [4.69, 9.17) is 9.84 Å². The molecule has 1 saturated heterocycles. The number of hydrogen-bond donors (Lipinski definition) is 2. The summed E-state index contributed by atoms with van der Waals surface area (Å²) in [5.41, 5.74) is 1.94. The number of amides is 1. The summed E-state index contributed by atoms with van der Waals surface area (Å²) >= 11 is 0. The first-order valence-corrected chi connectivity index (χ1v) is 13.2. The Kier molecular flexibility index (Phi) is 9.08. The minimum Gasteiger partial charge on any atom is -0.493 e. The van der Waals surface area contributed by atoms with Crippen LogP contribution in [0.2, 0.25) is 0 Å². The van der Waals surface area contributed by atoms with Crippen LogP contribution in [0.3, 0.4) is 0 Å². The van der Waals surface area contributed by atoms with Gasteiger partial charge in [-0.15, -0.1) is 0 Å². The van der Waals surface area contributed by atoms with Crippen LogP contribution in [0, 0.1) is 19.3 Å². The third-order valence-corrected chi connectivity index (χ3v) is 8.00. The van der Waals surface area contributed by atoms with Gasteiger partial charge in [-0.1, -0.05) is 26.0 Å². The zero-order valence-electron chi connectivity index (χ0n) is 21.0. The van der Waals surface area contributed by atoms with Gasteiger partial charge in [0.2, 0.25) is 5.91 Å². The smallest absolute Gasteiger partial charge is 0.335 e. The van der Waals surface area contributed by atoms with Crippen molar-refractivity contribution >= 4 is 22.9 Å². The summed E-state index contributed by atoms with van der Waals surface area (Å²) in [5.74, 6) is -0.0713. The topological polar surface area (TPSA) is 95.9 Å². The highest BCUT2D eigenvalue weighted by Crippen LogP contribution is 2.26. The summed E-state index contributed by atoms with van der Waals surface area (Å²) in [4.78, 5) is 24.5. The van der Waals surface area contributed by atoms with Gasteiger partial charge >= 0.3 is 5.97 Å². The molecular formula is C27H36N2O5S. The molecule has 1 aliphatic heterocycles. The van der Waals surface area contributed by atoms with Gasteiger partial charge in [-0.2, -0.15) is 0 Å². The molecule has 0 aromatic heterocycles. The maximum absolute atomic E-state index is 12.9. The van der Waals surface area contributed by atoms with E-state index in [0.717, 1.165) is 42.6 Å². The predicted octanol–water partition coefficient (Wildman–Crippen LogP) is 4.49. The molecule has 1 amide bonds. The molecule has 0 spiro atoms. The van der Waals surface area contributed by atoms with Crippen molar-refractivity contribution in [3.63, 3.8) is 0 Å². The van der Waals surface area contributed by atoms with Crippen LogP contribution in [0.15, 0.2) is 47.4 Å². The molecule has 0 aliphatic carbocycles. The molecule has 8 heteroatoms. The van der Waals surface area contributed by atoms with Crippen LogP contribution < -0.4 is 10.1 Å². The van der Waals surface area contributed by atoms with E-state index in [9.17, 15) is 13.8 Å². The normalized spacial score (nSPS) is 16.0. The fourth-order valence-electron chi connectivity index (χ4n) is 4.08. The Morgan fingerprint density at radius 3 is 2.40 bits per heavy atom. The first-order valence-electron chi connectivity index (χ1n) is 12.1. The van der Waals surface area contributed by atoms with Crippen molar-refractivity contribution in [2.24, 2.45) is 5.41 Å². The number of piperidine rings is 1. The number of aryl methyl sites for hydroxylation is 2. The number of carbonyl (C=O) groups is 2. The molecule has 7 nitrogen and oxygen atoms in total. The Morgan fingerprint density at radius 1 is 1.11 bits per heavy atom. The Labute approximate surface area is 210 Å². The van der Waals surface area contributed by atoms with Crippen LogP contribution >= 0.6 is 0 Å². The van der Waals surface area contributed by atoms with Crippen LogP contribution in [0.1, 0.15) is 61.0 Å². The number of aromatic carboxylic acids is 1. The average molecular weight is 501 g/mol. The van der Waals surface area contributed by atoms with Crippen LogP contribution in [0.25, 0.3) is 0 Å². The monoisotopic (exact) mass is 500 g/mol. The average Bonchev–Trinajstić information content (AvgIpc) is 2.84. The predicted molar refractivity (Wildman–Crippen MR) is 137 cm³/mol. The van der Waals surface area contributed by atoms with Crippen LogP contribution in [-0.4, -0.2) is 51.2 Å². The lowest BCUT2D eigenvalue weighted by Crippen LogP contribution is -2.48. The summed E-state index contributed by atoms with van der Waals surface area (Å²) in [5, 5.41) is 12.2. The SMILES string of the molecule is Cc1ccc(C)c(OCCCC(C)(C)C(=O)NC2CCN(S(=O)c3ccc(C(=O)O)cc3)CC2)c1. The van der Waals surface area contributed by atoms with Crippen LogP contribution in [0.5, 0.6) is 5.75 Å².